The molecule has 7 nitrogen and oxygen atoms in total. The number of esters is 1. The average molecular weight is 306 g/mol. The molecule has 1 aromatic carbocycles. The number of piperazine rings is 1. The molecule has 2 rings (SSSR count). The number of nitrogens with zero attached hydrogens (tertiary/aromatic N) is 2. The van der Waals surface area contributed by atoms with Gasteiger partial charge in [-0.25, -0.2) is 9.59 Å². The zero-order chi connectivity index (χ0) is 16.1. The van der Waals surface area contributed by atoms with E-state index in [-0.39, 0.29) is 25.6 Å². The number of likely N-dealkylation sites (N-methyl/N-ethyl adjacent to an activating group) is 1. The molecule has 0 saturated carbocycles. The number of carbonyl (C=O) groups is 3. The normalized spacial score (nSPS) is 18.1. The highest BCUT2D eigenvalue weighted by Gasteiger charge is 2.37. The van der Waals surface area contributed by atoms with Crippen LogP contribution < -0.4 is 0 Å². The zero-order valence-corrected chi connectivity index (χ0v) is 12.5. The van der Waals surface area contributed by atoms with Crippen LogP contribution in [0, 0.1) is 0 Å². The standard InChI is InChI=1S/C15H18N2O5/c1-16-12(14(19)21-2)8-17(9-13(16)18)15(20)22-10-11-6-4-3-5-7-11/h3-7,12H,8-10H2,1-2H3. The highest BCUT2D eigenvalue weighted by Crippen LogP contribution is 2.12. The van der Waals surface area contributed by atoms with Gasteiger partial charge in [-0.05, 0) is 5.56 Å². The number of hydrogen-bond donors (Lipinski definition) is 0. The Bertz CT molecular complexity index is 560. The third kappa shape index (κ3) is 3.55. The molecule has 1 fully saturated rings. The zero-order valence-electron chi connectivity index (χ0n) is 12.5. The van der Waals surface area contributed by atoms with Crippen LogP contribution in [0.5, 0.6) is 0 Å². The summed E-state index contributed by atoms with van der Waals surface area (Å²) in [5.74, 6) is -0.894. The molecule has 0 N–H and O–H groups in total. The SMILES string of the molecule is COC(=O)C1CN(C(=O)OCc2ccccc2)CC(=O)N1C. The van der Waals surface area contributed by atoms with Gasteiger partial charge in [-0.2, -0.15) is 0 Å². The molecule has 1 aromatic rings. The van der Waals surface area contributed by atoms with E-state index in [1.165, 1.54) is 24.0 Å². The van der Waals surface area contributed by atoms with Gasteiger partial charge in [0.25, 0.3) is 0 Å². The van der Waals surface area contributed by atoms with Crippen molar-refractivity contribution in [3.8, 4) is 0 Å². The summed E-state index contributed by atoms with van der Waals surface area (Å²) in [6.45, 7) is 0.0588. The molecule has 7 heteroatoms. The molecule has 1 unspecified atom stereocenters. The van der Waals surface area contributed by atoms with Gasteiger partial charge in [0.15, 0.2) is 0 Å². The first kappa shape index (κ1) is 15.8. The first-order valence-corrected chi connectivity index (χ1v) is 6.82. The van der Waals surface area contributed by atoms with Crippen LogP contribution in [0.3, 0.4) is 0 Å². The van der Waals surface area contributed by atoms with Crippen LogP contribution in [-0.4, -0.2) is 61.1 Å². The molecule has 1 saturated heterocycles. The summed E-state index contributed by atoms with van der Waals surface area (Å²) in [7, 11) is 2.75. The number of carbonyl (C=O) groups excluding carboxylic acids is 3. The number of ether oxygens (including phenoxy) is 2. The number of rotatable bonds is 3. The summed E-state index contributed by atoms with van der Waals surface area (Å²) in [4.78, 5) is 38.1. The van der Waals surface area contributed by atoms with Gasteiger partial charge in [-0.15, -0.1) is 0 Å². The minimum Gasteiger partial charge on any atom is -0.467 e. The van der Waals surface area contributed by atoms with Crippen molar-refractivity contribution in [1.82, 2.24) is 9.80 Å². The van der Waals surface area contributed by atoms with Crippen LogP contribution in [0.2, 0.25) is 0 Å². The second kappa shape index (κ2) is 6.93. The van der Waals surface area contributed by atoms with Gasteiger partial charge < -0.3 is 14.4 Å². The van der Waals surface area contributed by atoms with Crippen LogP contribution in [-0.2, 0) is 25.7 Å². The number of benzene rings is 1. The van der Waals surface area contributed by atoms with Gasteiger partial charge in [0, 0.05) is 7.05 Å². The molecular weight excluding hydrogens is 288 g/mol. The van der Waals surface area contributed by atoms with E-state index in [1.54, 1.807) is 0 Å². The molecule has 1 aliphatic heterocycles. The molecule has 0 radical (unpaired) electrons. The molecule has 0 spiro atoms. The predicted octanol–water partition coefficient (Wildman–Crippen LogP) is 0.639. The highest BCUT2D eigenvalue weighted by molar-refractivity contribution is 5.89. The van der Waals surface area contributed by atoms with Gasteiger partial charge in [0.05, 0.1) is 13.7 Å². The summed E-state index contributed by atoms with van der Waals surface area (Å²) in [5, 5.41) is 0. The van der Waals surface area contributed by atoms with Crippen molar-refractivity contribution in [2.24, 2.45) is 0 Å². The Morgan fingerprint density at radius 2 is 1.95 bits per heavy atom. The summed E-state index contributed by atoms with van der Waals surface area (Å²) >= 11 is 0. The molecule has 0 aromatic heterocycles. The molecule has 0 bridgehead atoms. The molecule has 118 valence electrons. The maximum atomic E-state index is 12.1. The van der Waals surface area contributed by atoms with Crippen molar-refractivity contribution in [3.63, 3.8) is 0 Å². The molecule has 22 heavy (non-hydrogen) atoms. The van der Waals surface area contributed by atoms with E-state index in [9.17, 15) is 14.4 Å². The lowest BCUT2D eigenvalue weighted by molar-refractivity contribution is -0.156. The first-order chi connectivity index (χ1) is 10.5. The Labute approximate surface area is 128 Å². The minimum absolute atomic E-state index is 0.0581. The average Bonchev–Trinajstić information content (AvgIpc) is 2.55. The Hall–Kier alpha value is -2.57. The Balaban J connectivity index is 1.97. The van der Waals surface area contributed by atoms with E-state index in [0.29, 0.717) is 0 Å². The molecular formula is C15H18N2O5. The Morgan fingerprint density at radius 3 is 2.59 bits per heavy atom. The van der Waals surface area contributed by atoms with Crippen LogP contribution in [0.25, 0.3) is 0 Å². The minimum atomic E-state index is -0.810. The maximum absolute atomic E-state index is 12.1. The third-order valence-electron chi connectivity index (χ3n) is 3.52. The molecule has 1 aliphatic rings. The van der Waals surface area contributed by atoms with Crippen molar-refractivity contribution < 1.29 is 23.9 Å². The molecule has 0 aliphatic carbocycles. The maximum Gasteiger partial charge on any atom is 0.410 e. The lowest BCUT2D eigenvalue weighted by Crippen LogP contribution is -2.59. The molecule has 2 amide bonds. The fourth-order valence-electron chi connectivity index (χ4n) is 2.16. The number of hydrogen-bond acceptors (Lipinski definition) is 5. The summed E-state index contributed by atoms with van der Waals surface area (Å²) < 4.78 is 9.83. The second-order valence-electron chi connectivity index (χ2n) is 4.96. The quantitative estimate of drug-likeness (QED) is 0.766. The van der Waals surface area contributed by atoms with Crippen molar-refractivity contribution in [1.29, 1.82) is 0 Å². The van der Waals surface area contributed by atoms with Gasteiger partial charge in [0.2, 0.25) is 5.91 Å². The summed E-state index contributed by atoms with van der Waals surface area (Å²) in [6.07, 6.45) is -0.626. The highest BCUT2D eigenvalue weighted by atomic mass is 16.6. The van der Waals surface area contributed by atoms with Crippen molar-refractivity contribution >= 4 is 18.0 Å². The van der Waals surface area contributed by atoms with Crippen LogP contribution in [0.4, 0.5) is 4.79 Å². The fraction of sp³-hybridized carbons (Fsp3) is 0.400. The second-order valence-corrected chi connectivity index (χ2v) is 4.96. The van der Waals surface area contributed by atoms with Crippen LogP contribution >= 0.6 is 0 Å². The largest absolute Gasteiger partial charge is 0.467 e. The van der Waals surface area contributed by atoms with Gasteiger partial charge in [0.1, 0.15) is 19.2 Å². The first-order valence-electron chi connectivity index (χ1n) is 6.82. The number of methoxy groups -OCH3 is 1. The topological polar surface area (TPSA) is 76.1 Å². The summed E-state index contributed by atoms with van der Waals surface area (Å²) in [5.41, 5.74) is 0.848. The van der Waals surface area contributed by atoms with Crippen LogP contribution in [0.15, 0.2) is 30.3 Å². The van der Waals surface area contributed by atoms with E-state index in [0.717, 1.165) is 5.56 Å². The van der Waals surface area contributed by atoms with Gasteiger partial charge >= 0.3 is 12.1 Å². The third-order valence-corrected chi connectivity index (χ3v) is 3.52. The Kier molecular flexibility index (Phi) is 4.98. The van der Waals surface area contributed by atoms with Gasteiger partial charge in [-0.1, -0.05) is 30.3 Å². The molecule has 1 atom stereocenters. The lowest BCUT2D eigenvalue weighted by Gasteiger charge is -2.36. The van der Waals surface area contributed by atoms with E-state index in [2.05, 4.69) is 4.74 Å². The van der Waals surface area contributed by atoms with Crippen molar-refractivity contribution in [3.05, 3.63) is 35.9 Å². The number of amides is 2. The fourth-order valence-corrected chi connectivity index (χ4v) is 2.16. The van der Waals surface area contributed by atoms with E-state index in [4.69, 9.17) is 4.74 Å². The van der Waals surface area contributed by atoms with E-state index < -0.39 is 18.1 Å². The van der Waals surface area contributed by atoms with Crippen molar-refractivity contribution in [2.45, 2.75) is 12.6 Å². The van der Waals surface area contributed by atoms with E-state index in [1.807, 2.05) is 30.3 Å². The Morgan fingerprint density at radius 1 is 1.27 bits per heavy atom. The van der Waals surface area contributed by atoms with Crippen LogP contribution in [0.1, 0.15) is 5.56 Å². The molecule has 1 heterocycles. The predicted molar refractivity (Wildman–Crippen MR) is 76.8 cm³/mol. The van der Waals surface area contributed by atoms with E-state index >= 15 is 0 Å². The smallest absolute Gasteiger partial charge is 0.410 e. The summed E-state index contributed by atoms with van der Waals surface area (Å²) in [6, 6.07) is 8.41. The lowest BCUT2D eigenvalue weighted by atomic mass is 10.2. The van der Waals surface area contributed by atoms with Gasteiger partial charge in [-0.3, -0.25) is 9.69 Å². The van der Waals surface area contributed by atoms with Crippen molar-refractivity contribution in [2.75, 3.05) is 27.2 Å². The monoisotopic (exact) mass is 306 g/mol.